The summed E-state index contributed by atoms with van der Waals surface area (Å²) in [6.45, 7) is 0. The number of amides is 2. The summed E-state index contributed by atoms with van der Waals surface area (Å²) >= 11 is 0. The first kappa shape index (κ1) is 19.6. The van der Waals surface area contributed by atoms with Crippen molar-refractivity contribution in [1.82, 2.24) is 9.55 Å². The molecule has 7 heteroatoms. The molecule has 1 heterocycles. The van der Waals surface area contributed by atoms with Crippen molar-refractivity contribution in [3.05, 3.63) is 89.8 Å². The van der Waals surface area contributed by atoms with Crippen molar-refractivity contribution in [3.8, 4) is 0 Å². The lowest BCUT2D eigenvalue weighted by molar-refractivity contribution is 0.262. The van der Waals surface area contributed by atoms with E-state index in [2.05, 4.69) is 20.2 Å². The highest BCUT2D eigenvalue weighted by atomic mass is 19.1. The molecule has 5 nitrogen and oxygen atoms in total. The quantitative estimate of drug-likeness (QED) is 0.474. The number of hydrogen-bond donors (Lipinski definition) is 2. The zero-order valence-corrected chi connectivity index (χ0v) is 16.3. The number of nitrogens with zero attached hydrogens (tertiary/aromatic N) is 2. The minimum Gasteiger partial charge on any atom is -0.331 e. The fourth-order valence-corrected chi connectivity index (χ4v) is 3.31. The second kappa shape index (κ2) is 8.32. The van der Waals surface area contributed by atoms with Gasteiger partial charge in [-0.1, -0.05) is 24.3 Å². The van der Waals surface area contributed by atoms with Gasteiger partial charge in [0.15, 0.2) is 0 Å². The van der Waals surface area contributed by atoms with Gasteiger partial charge in [0.05, 0.1) is 16.7 Å². The maximum Gasteiger partial charge on any atom is 0.323 e. The number of anilines is 2. The molecule has 4 aromatic rings. The Kier molecular flexibility index (Phi) is 5.43. The lowest BCUT2D eigenvalue weighted by Crippen LogP contribution is -2.20. The molecule has 30 heavy (non-hydrogen) atoms. The van der Waals surface area contributed by atoms with Gasteiger partial charge in [0.25, 0.3) is 0 Å². The predicted octanol–water partition coefficient (Wildman–Crippen LogP) is 5.28. The number of fused-ring (bicyclic) bond motifs is 1. The van der Waals surface area contributed by atoms with Crippen LogP contribution in [0.25, 0.3) is 11.0 Å². The van der Waals surface area contributed by atoms with Gasteiger partial charge >= 0.3 is 6.03 Å². The molecule has 1 aromatic heterocycles. The molecular weight excluding hydrogens is 386 g/mol. The standard InChI is InChI=1S/C23H20F2N4O/c1-29-21-5-3-2-4-19(21)27-22(29)13-8-15-6-10-17(11-7-15)26-23(30)28-20-14-16(24)9-12-18(20)25/h2-7,9-12,14H,8,13H2,1H3,(H2,26,28,30). The molecule has 0 atom stereocenters. The number of benzene rings is 3. The van der Waals surface area contributed by atoms with Gasteiger partial charge in [0.1, 0.15) is 17.5 Å². The molecule has 0 saturated heterocycles. The largest absolute Gasteiger partial charge is 0.331 e. The molecule has 2 amide bonds. The Balaban J connectivity index is 1.36. The molecule has 0 aliphatic rings. The van der Waals surface area contributed by atoms with Gasteiger partial charge in [-0.25, -0.2) is 18.6 Å². The van der Waals surface area contributed by atoms with Crippen LogP contribution in [0.2, 0.25) is 0 Å². The van der Waals surface area contributed by atoms with E-state index < -0.39 is 17.7 Å². The number of carbonyl (C=O) groups excluding carboxylic acids is 1. The zero-order valence-electron chi connectivity index (χ0n) is 16.3. The van der Waals surface area contributed by atoms with Crippen LogP contribution in [0.1, 0.15) is 11.4 Å². The summed E-state index contributed by atoms with van der Waals surface area (Å²) in [5.74, 6) is -0.324. The van der Waals surface area contributed by atoms with Crippen molar-refractivity contribution in [2.45, 2.75) is 12.8 Å². The second-order valence-corrected chi connectivity index (χ2v) is 6.98. The Morgan fingerprint density at radius 1 is 0.967 bits per heavy atom. The monoisotopic (exact) mass is 406 g/mol. The summed E-state index contributed by atoms with van der Waals surface area (Å²) in [7, 11) is 2.01. The second-order valence-electron chi connectivity index (χ2n) is 6.98. The van der Waals surface area contributed by atoms with Gasteiger partial charge in [-0.05, 0) is 48.4 Å². The van der Waals surface area contributed by atoms with E-state index in [4.69, 9.17) is 0 Å². The number of urea groups is 1. The lowest BCUT2D eigenvalue weighted by atomic mass is 10.1. The van der Waals surface area contributed by atoms with E-state index in [1.54, 1.807) is 12.1 Å². The maximum atomic E-state index is 13.6. The van der Waals surface area contributed by atoms with Crippen LogP contribution < -0.4 is 10.6 Å². The maximum absolute atomic E-state index is 13.6. The van der Waals surface area contributed by atoms with E-state index in [9.17, 15) is 13.6 Å². The summed E-state index contributed by atoms with van der Waals surface area (Å²) in [6.07, 6.45) is 1.59. The summed E-state index contributed by atoms with van der Waals surface area (Å²) < 4.78 is 28.9. The zero-order chi connectivity index (χ0) is 21.1. The van der Waals surface area contributed by atoms with Crippen LogP contribution in [0.5, 0.6) is 0 Å². The van der Waals surface area contributed by atoms with E-state index in [1.807, 2.05) is 43.4 Å². The van der Waals surface area contributed by atoms with Crippen molar-refractivity contribution in [2.75, 3.05) is 10.6 Å². The van der Waals surface area contributed by atoms with Crippen LogP contribution >= 0.6 is 0 Å². The van der Waals surface area contributed by atoms with Crippen molar-refractivity contribution < 1.29 is 13.6 Å². The summed E-state index contributed by atoms with van der Waals surface area (Å²) in [5, 5.41) is 4.91. The van der Waals surface area contributed by atoms with Gasteiger partial charge < -0.3 is 15.2 Å². The van der Waals surface area contributed by atoms with Crippen LogP contribution in [-0.4, -0.2) is 15.6 Å². The first-order chi connectivity index (χ1) is 14.5. The number of aromatic nitrogens is 2. The van der Waals surface area contributed by atoms with E-state index in [0.717, 1.165) is 53.5 Å². The van der Waals surface area contributed by atoms with Gasteiger partial charge in [-0.3, -0.25) is 0 Å². The average Bonchev–Trinajstić information content (AvgIpc) is 3.06. The smallest absolute Gasteiger partial charge is 0.323 e. The third kappa shape index (κ3) is 4.30. The molecule has 0 bridgehead atoms. The highest BCUT2D eigenvalue weighted by Crippen LogP contribution is 2.18. The normalized spacial score (nSPS) is 10.9. The van der Waals surface area contributed by atoms with Crippen LogP contribution in [0, 0.1) is 11.6 Å². The number of carbonyl (C=O) groups is 1. The minimum atomic E-state index is -0.705. The minimum absolute atomic E-state index is 0.216. The third-order valence-corrected chi connectivity index (χ3v) is 4.91. The molecule has 0 spiro atoms. The number of hydrogen-bond acceptors (Lipinski definition) is 2. The van der Waals surface area contributed by atoms with Gasteiger partial charge in [-0.15, -0.1) is 0 Å². The number of imidazole rings is 1. The fraction of sp³-hybridized carbons (Fsp3) is 0.130. The lowest BCUT2D eigenvalue weighted by Gasteiger charge is -2.09. The molecule has 3 aromatic carbocycles. The van der Waals surface area contributed by atoms with E-state index in [0.29, 0.717) is 5.69 Å². The molecule has 0 saturated carbocycles. The summed E-state index contributed by atoms with van der Waals surface area (Å²) in [4.78, 5) is 16.7. The van der Waals surface area contributed by atoms with Crippen LogP contribution in [-0.2, 0) is 19.9 Å². The molecular formula is C23H20F2N4O. The molecule has 0 radical (unpaired) electrons. The van der Waals surface area contributed by atoms with Crippen molar-refractivity contribution in [3.63, 3.8) is 0 Å². The molecule has 0 aliphatic carbocycles. The van der Waals surface area contributed by atoms with Gasteiger partial charge in [-0.2, -0.15) is 0 Å². The Bertz CT molecular complexity index is 1200. The first-order valence-electron chi connectivity index (χ1n) is 9.52. The van der Waals surface area contributed by atoms with Gasteiger partial charge in [0, 0.05) is 25.2 Å². The number of rotatable bonds is 5. The third-order valence-electron chi connectivity index (χ3n) is 4.91. The Hall–Kier alpha value is -3.74. The van der Waals surface area contributed by atoms with E-state index in [1.165, 1.54) is 0 Å². The van der Waals surface area contributed by atoms with Crippen LogP contribution in [0.3, 0.4) is 0 Å². The number of nitrogens with one attached hydrogen (secondary N) is 2. The van der Waals surface area contributed by atoms with Crippen LogP contribution in [0.4, 0.5) is 25.0 Å². The summed E-state index contributed by atoms with van der Waals surface area (Å²) in [5.41, 5.74) is 3.52. The van der Waals surface area contributed by atoms with Crippen molar-refractivity contribution in [2.24, 2.45) is 7.05 Å². The SMILES string of the molecule is Cn1c(CCc2ccc(NC(=O)Nc3cc(F)ccc3F)cc2)nc2ccccc21. The Labute approximate surface area is 172 Å². The summed E-state index contributed by atoms with van der Waals surface area (Å²) in [6, 6.07) is 17.6. The highest BCUT2D eigenvalue weighted by Gasteiger charge is 2.09. The number of para-hydroxylation sites is 2. The van der Waals surface area contributed by atoms with Crippen LogP contribution in [0.15, 0.2) is 66.7 Å². The molecule has 0 aliphatic heterocycles. The Morgan fingerprint density at radius 3 is 2.50 bits per heavy atom. The van der Waals surface area contributed by atoms with Gasteiger partial charge in [0.2, 0.25) is 0 Å². The average molecular weight is 406 g/mol. The first-order valence-corrected chi connectivity index (χ1v) is 9.52. The number of aryl methyl sites for hydroxylation is 3. The fourth-order valence-electron chi connectivity index (χ4n) is 3.31. The van der Waals surface area contributed by atoms with E-state index in [-0.39, 0.29) is 5.69 Å². The molecule has 4 rings (SSSR count). The predicted molar refractivity (Wildman–Crippen MR) is 114 cm³/mol. The van der Waals surface area contributed by atoms with Crippen molar-refractivity contribution >= 4 is 28.4 Å². The molecule has 2 N–H and O–H groups in total. The number of halogens is 2. The topological polar surface area (TPSA) is 59.0 Å². The molecule has 0 fully saturated rings. The van der Waals surface area contributed by atoms with Crippen molar-refractivity contribution in [1.29, 1.82) is 0 Å². The molecule has 152 valence electrons. The Morgan fingerprint density at radius 2 is 1.73 bits per heavy atom. The molecule has 0 unspecified atom stereocenters. The van der Waals surface area contributed by atoms with E-state index >= 15 is 0 Å². The highest BCUT2D eigenvalue weighted by molar-refractivity contribution is 5.99.